The molecule has 0 aliphatic rings. The normalized spacial score (nSPS) is 12.5. The molecule has 0 aliphatic heterocycles. The molecule has 0 bridgehead atoms. The quantitative estimate of drug-likeness (QED) is 0.556. The van der Waals surface area contributed by atoms with E-state index in [0.717, 1.165) is 6.54 Å². The lowest BCUT2D eigenvalue weighted by Gasteiger charge is -2.21. The molecule has 19 heavy (non-hydrogen) atoms. The van der Waals surface area contributed by atoms with Crippen LogP contribution in [0.3, 0.4) is 0 Å². The summed E-state index contributed by atoms with van der Waals surface area (Å²) in [4.78, 5) is 24.1. The lowest BCUT2D eigenvalue weighted by Crippen LogP contribution is -2.43. The van der Waals surface area contributed by atoms with Crippen molar-refractivity contribution in [1.29, 1.82) is 0 Å². The highest BCUT2D eigenvalue weighted by Crippen LogP contribution is 1.95. The van der Waals surface area contributed by atoms with E-state index >= 15 is 0 Å². The van der Waals surface area contributed by atoms with Gasteiger partial charge in [-0.25, -0.2) is 4.79 Å². The number of likely N-dealkylation sites (N-methyl/N-ethyl adjacent to an activating group) is 1. The number of nitrogens with one attached hydrogen (secondary N) is 2. The van der Waals surface area contributed by atoms with Gasteiger partial charge in [-0.15, -0.1) is 0 Å². The van der Waals surface area contributed by atoms with E-state index in [2.05, 4.69) is 29.4 Å². The number of carbonyl (C=O) groups excluding carboxylic acids is 1. The molecule has 0 heterocycles. The molecule has 0 spiro atoms. The number of aliphatic carboxylic acids is 1. The number of carboxylic acid groups (broad SMARTS) is 1. The number of amides is 2. The van der Waals surface area contributed by atoms with Crippen molar-refractivity contribution in [2.75, 3.05) is 33.8 Å². The zero-order chi connectivity index (χ0) is 14.8. The van der Waals surface area contributed by atoms with Gasteiger partial charge in [0.1, 0.15) is 0 Å². The van der Waals surface area contributed by atoms with Crippen molar-refractivity contribution in [3.63, 3.8) is 0 Å². The molecule has 0 radical (unpaired) electrons. The minimum Gasteiger partial charge on any atom is -0.481 e. The van der Waals surface area contributed by atoms with Gasteiger partial charge in [-0.05, 0) is 20.9 Å². The van der Waals surface area contributed by atoms with Crippen LogP contribution in [-0.4, -0.2) is 67.9 Å². The van der Waals surface area contributed by atoms with Crippen LogP contribution in [0.15, 0.2) is 0 Å². The van der Waals surface area contributed by atoms with Gasteiger partial charge in [0.2, 0.25) is 0 Å². The second-order valence-electron chi connectivity index (χ2n) is 4.67. The summed E-state index contributed by atoms with van der Waals surface area (Å²) in [5.74, 6) is -0.951. The molecule has 0 aromatic carbocycles. The number of nitrogens with zero attached hydrogens (tertiary/aromatic N) is 1. The zero-order valence-corrected chi connectivity index (χ0v) is 12.1. The number of rotatable bonds is 9. The maximum atomic E-state index is 11.5. The first-order valence-electron chi connectivity index (χ1n) is 6.33. The molecular formula is C12H25N3O4. The van der Waals surface area contributed by atoms with Crippen molar-refractivity contribution in [1.82, 2.24) is 15.5 Å². The molecule has 7 nitrogen and oxygen atoms in total. The molecule has 7 heteroatoms. The third kappa shape index (κ3) is 9.26. The van der Waals surface area contributed by atoms with Crippen molar-refractivity contribution in [2.45, 2.75) is 32.4 Å². The van der Waals surface area contributed by atoms with E-state index in [9.17, 15) is 9.59 Å². The second-order valence-corrected chi connectivity index (χ2v) is 4.67. The fourth-order valence-electron chi connectivity index (χ4n) is 1.31. The SMILES string of the molecule is COC(CNC(=O)NCCN(C)C(C)C)CC(=O)O. The third-order valence-electron chi connectivity index (χ3n) is 2.86. The molecule has 0 aromatic heterocycles. The Morgan fingerprint density at radius 3 is 2.42 bits per heavy atom. The van der Waals surface area contributed by atoms with Crippen molar-refractivity contribution < 1.29 is 19.4 Å². The number of hydrogen-bond acceptors (Lipinski definition) is 4. The first kappa shape index (κ1) is 17.7. The number of carbonyl (C=O) groups is 2. The standard InChI is InChI=1S/C12H25N3O4/c1-9(2)15(3)6-5-13-12(18)14-8-10(19-4)7-11(16)17/h9-10H,5-8H2,1-4H3,(H,16,17)(H2,13,14,18). The van der Waals surface area contributed by atoms with E-state index in [1.807, 2.05) is 7.05 Å². The van der Waals surface area contributed by atoms with Crippen LogP contribution in [0.25, 0.3) is 0 Å². The van der Waals surface area contributed by atoms with Crippen molar-refractivity contribution >= 4 is 12.0 Å². The van der Waals surface area contributed by atoms with Crippen LogP contribution in [0, 0.1) is 0 Å². The summed E-state index contributed by atoms with van der Waals surface area (Å²) in [6, 6.07) is 0.114. The fourth-order valence-corrected chi connectivity index (χ4v) is 1.31. The molecule has 0 saturated carbocycles. The maximum Gasteiger partial charge on any atom is 0.314 e. The highest BCUT2D eigenvalue weighted by molar-refractivity contribution is 5.74. The van der Waals surface area contributed by atoms with Crippen LogP contribution < -0.4 is 10.6 Å². The molecule has 0 saturated heterocycles. The molecule has 3 N–H and O–H groups in total. The van der Waals surface area contributed by atoms with E-state index < -0.39 is 12.1 Å². The van der Waals surface area contributed by atoms with E-state index in [4.69, 9.17) is 9.84 Å². The first-order valence-corrected chi connectivity index (χ1v) is 6.33. The first-order chi connectivity index (χ1) is 8.86. The number of ether oxygens (including phenoxy) is 1. The van der Waals surface area contributed by atoms with E-state index in [-0.39, 0.29) is 19.0 Å². The van der Waals surface area contributed by atoms with Crippen molar-refractivity contribution in [3.8, 4) is 0 Å². The molecule has 112 valence electrons. The Morgan fingerprint density at radius 2 is 1.95 bits per heavy atom. The minimum atomic E-state index is -0.951. The van der Waals surface area contributed by atoms with Gasteiger partial charge in [0.05, 0.1) is 12.5 Å². The fraction of sp³-hybridized carbons (Fsp3) is 0.833. The lowest BCUT2D eigenvalue weighted by atomic mass is 10.2. The molecule has 0 fully saturated rings. The second kappa shape index (κ2) is 9.57. The topological polar surface area (TPSA) is 90.9 Å². The Balaban J connectivity index is 3.77. The number of carboxylic acids is 1. The van der Waals surface area contributed by atoms with Crippen molar-refractivity contribution in [2.24, 2.45) is 0 Å². The average Bonchev–Trinajstić information content (AvgIpc) is 2.33. The van der Waals surface area contributed by atoms with Gasteiger partial charge in [0.25, 0.3) is 0 Å². The van der Waals surface area contributed by atoms with Crippen LogP contribution in [0.2, 0.25) is 0 Å². The summed E-state index contributed by atoms with van der Waals surface area (Å²) in [6.07, 6.45) is -0.644. The predicted molar refractivity (Wildman–Crippen MR) is 72.2 cm³/mol. The smallest absolute Gasteiger partial charge is 0.314 e. The van der Waals surface area contributed by atoms with Gasteiger partial charge >= 0.3 is 12.0 Å². The summed E-state index contributed by atoms with van der Waals surface area (Å²) in [6.45, 7) is 5.63. The van der Waals surface area contributed by atoms with Crippen LogP contribution in [0.4, 0.5) is 4.79 Å². The molecule has 0 rings (SSSR count). The van der Waals surface area contributed by atoms with Gasteiger partial charge in [0.15, 0.2) is 0 Å². The van der Waals surface area contributed by atoms with Crippen LogP contribution in [-0.2, 0) is 9.53 Å². The Bertz CT molecular complexity index is 284. The average molecular weight is 275 g/mol. The van der Waals surface area contributed by atoms with Crippen LogP contribution >= 0.6 is 0 Å². The minimum absolute atomic E-state index is 0.132. The zero-order valence-electron chi connectivity index (χ0n) is 12.1. The largest absolute Gasteiger partial charge is 0.481 e. The van der Waals surface area contributed by atoms with Gasteiger partial charge in [-0.2, -0.15) is 0 Å². The predicted octanol–water partition coefficient (Wildman–Crippen LogP) is 0.116. The van der Waals surface area contributed by atoms with Crippen LogP contribution in [0.5, 0.6) is 0 Å². The van der Waals surface area contributed by atoms with E-state index in [1.165, 1.54) is 7.11 Å². The summed E-state index contributed by atoms with van der Waals surface area (Å²) in [5, 5.41) is 13.9. The molecule has 1 atom stereocenters. The Labute approximate surface area is 114 Å². The molecular weight excluding hydrogens is 250 g/mol. The summed E-state index contributed by atoms with van der Waals surface area (Å²) in [5.41, 5.74) is 0. The third-order valence-corrected chi connectivity index (χ3v) is 2.86. The number of methoxy groups -OCH3 is 1. The maximum absolute atomic E-state index is 11.5. The molecule has 1 unspecified atom stereocenters. The lowest BCUT2D eigenvalue weighted by molar-refractivity contribution is -0.139. The monoisotopic (exact) mass is 275 g/mol. The van der Waals surface area contributed by atoms with Gasteiger partial charge in [0, 0.05) is 32.8 Å². The van der Waals surface area contributed by atoms with E-state index in [0.29, 0.717) is 12.6 Å². The molecule has 0 aliphatic carbocycles. The van der Waals surface area contributed by atoms with Gasteiger partial charge in [-0.1, -0.05) is 0 Å². The molecule has 0 aromatic rings. The van der Waals surface area contributed by atoms with Crippen LogP contribution in [0.1, 0.15) is 20.3 Å². The van der Waals surface area contributed by atoms with Crippen molar-refractivity contribution in [3.05, 3.63) is 0 Å². The highest BCUT2D eigenvalue weighted by Gasteiger charge is 2.13. The summed E-state index contributed by atoms with van der Waals surface area (Å²) in [7, 11) is 3.41. The summed E-state index contributed by atoms with van der Waals surface area (Å²) < 4.78 is 4.95. The van der Waals surface area contributed by atoms with Gasteiger partial charge < -0.3 is 25.4 Å². The summed E-state index contributed by atoms with van der Waals surface area (Å²) >= 11 is 0. The Hall–Kier alpha value is -1.34. The van der Waals surface area contributed by atoms with E-state index in [1.54, 1.807) is 0 Å². The van der Waals surface area contributed by atoms with Gasteiger partial charge in [-0.3, -0.25) is 4.79 Å². The number of urea groups is 1. The molecule has 2 amide bonds. The number of hydrogen-bond donors (Lipinski definition) is 3. The Kier molecular flexibility index (Phi) is 8.90. The Morgan fingerprint density at radius 1 is 1.32 bits per heavy atom. The highest BCUT2D eigenvalue weighted by atomic mass is 16.5.